The molecule has 0 fully saturated rings. The number of aryl methyl sites for hydroxylation is 4. The number of aliphatic imine (C=N–C) groups is 2. The molecule has 3 heteroatoms. The maximum Gasteiger partial charge on any atom is 0.0636 e. The molecule has 0 amide bonds. The summed E-state index contributed by atoms with van der Waals surface area (Å²) >= 11 is 0. The minimum absolute atomic E-state index is 0. The molecule has 2 aromatic rings. The Morgan fingerprint density at radius 3 is 1.96 bits per heavy atom. The molecule has 0 atom stereocenters. The van der Waals surface area contributed by atoms with E-state index in [2.05, 4.69) is 76.0 Å². The molecule has 0 unspecified atom stereocenters. The van der Waals surface area contributed by atoms with Crippen molar-refractivity contribution in [2.24, 2.45) is 9.98 Å². The first-order chi connectivity index (χ1) is 11.5. The molecule has 0 spiro atoms. The molecule has 0 aliphatic carbocycles. The molecule has 0 N–H and O–H groups in total. The Bertz CT molecular complexity index is 761. The van der Waals surface area contributed by atoms with E-state index in [0.717, 1.165) is 36.3 Å². The van der Waals surface area contributed by atoms with E-state index < -0.39 is 0 Å². The Balaban J connectivity index is 0.00000312. The fourth-order valence-electron chi connectivity index (χ4n) is 2.42. The second kappa shape index (κ2) is 10.3. The van der Waals surface area contributed by atoms with Crippen LogP contribution in [0.5, 0.6) is 0 Å². The summed E-state index contributed by atoms with van der Waals surface area (Å²) in [6.45, 7) is 10.7. The van der Waals surface area contributed by atoms with Crippen LogP contribution in [0, 0.1) is 27.7 Å². The summed E-state index contributed by atoms with van der Waals surface area (Å²) < 4.78 is 0. The van der Waals surface area contributed by atoms with Gasteiger partial charge in [-0.3, -0.25) is 9.98 Å². The molecule has 0 heterocycles. The van der Waals surface area contributed by atoms with Crippen LogP contribution in [0.3, 0.4) is 0 Å². The molecule has 136 valence electrons. The van der Waals surface area contributed by atoms with Crippen LogP contribution < -0.4 is 0 Å². The quantitative estimate of drug-likeness (QED) is 0.400. The van der Waals surface area contributed by atoms with Crippen molar-refractivity contribution >= 4 is 23.3 Å². The molecular weight excluding hydrogens is 351 g/mol. The number of hydrogen-bond acceptors (Lipinski definition) is 2. The predicted molar refractivity (Wildman–Crippen MR) is 107 cm³/mol. The van der Waals surface area contributed by atoms with E-state index in [-0.39, 0.29) is 16.5 Å². The van der Waals surface area contributed by atoms with Gasteiger partial charge in [-0.15, -0.1) is 0 Å². The van der Waals surface area contributed by atoms with Crippen molar-refractivity contribution in [3.05, 3.63) is 58.7 Å². The second-order valence-corrected chi connectivity index (χ2v) is 6.50. The van der Waals surface area contributed by atoms with E-state index in [1.54, 1.807) is 0 Å². The molecule has 0 saturated carbocycles. The average Bonchev–Trinajstić information content (AvgIpc) is 2.56. The standard InChI is InChI=1S/C22H28N2.Ni/c1-6-7-8-22(24-21-12-10-17(3)19(5)14-21)15-23-20-11-9-16(2)18(4)13-20;/h9-15H,6-8H2,1-5H3;. The van der Waals surface area contributed by atoms with Gasteiger partial charge in [0, 0.05) is 22.7 Å². The molecule has 25 heavy (non-hydrogen) atoms. The van der Waals surface area contributed by atoms with E-state index in [0.29, 0.717) is 0 Å². The second-order valence-electron chi connectivity index (χ2n) is 6.50. The molecule has 0 aromatic heterocycles. The van der Waals surface area contributed by atoms with Crippen LogP contribution in [-0.4, -0.2) is 11.9 Å². The van der Waals surface area contributed by atoms with E-state index in [9.17, 15) is 0 Å². The third kappa shape index (κ3) is 6.59. The minimum atomic E-state index is 0. The topological polar surface area (TPSA) is 24.7 Å². The van der Waals surface area contributed by atoms with Gasteiger partial charge < -0.3 is 0 Å². The van der Waals surface area contributed by atoms with Gasteiger partial charge in [0.2, 0.25) is 0 Å². The van der Waals surface area contributed by atoms with Gasteiger partial charge in [0.05, 0.1) is 17.1 Å². The van der Waals surface area contributed by atoms with Crippen molar-refractivity contribution in [1.29, 1.82) is 0 Å². The van der Waals surface area contributed by atoms with Gasteiger partial charge in [-0.2, -0.15) is 0 Å². The van der Waals surface area contributed by atoms with Crippen LogP contribution >= 0.6 is 0 Å². The van der Waals surface area contributed by atoms with Gasteiger partial charge in [-0.05, 0) is 87.1 Å². The molecule has 0 aliphatic heterocycles. The predicted octanol–water partition coefficient (Wildman–Crippen LogP) is 6.58. The molecular formula is C22H28N2Ni. The molecule has 0 saturated heterocycles. The van der Waals surface area contributed by atoms with Gasteiger partial charge >= 0.3 is 0 Å². The normalized spacial score (nSPS) is 11.6. The first-order valence-corrected chi connectivity index (χ1v) is 8.75. The zero-order chi connectivity index (χ0) is 17.5. The van der Waals surface area contributed by atoms with Gasteiger partial charge in [0.15, 0.2) is 0 Å². The summed E-state index contributed by atoms with van der Waals surface area (Å²) in [5.41, 5.74) is 8.18. The fourth-order valence-corrected chi connectivity index (χ4v) is 2.42. The summed E-state index contributed by atoms with van der Waals surface area (Å²) in [5.74, 6) is 0. The maximum absolute atomic E-state index is 4.82. The Morgan fingerprint density at radius 2 is 1.40 bits per heavy atom. The summed E-state index contributed by atoms with van der Waals surface area (Å²) in [6.07, 6.45) is 5.17. The zero-order valence-corrected chi connectivity index (χ0v) is 16.9. The molecule has 0 radical (unpaired) electrons. The summed E-state index contributed by atoms with van der Waals surface area (Å²) in [4.78, 5) is 9.46. The van der Waals surface area contributed by atoms with Crippen LogP contribution in [-0.2, 0) is 16.5 Å². The average molecular weight is 379 g/mol. The number of nitrogens with zero attached hydrogens (tertiary/aromatic N) is 2. The minimum Gasteiger partial charge on any atom is -0.255 e. The van der Waals surface area contributed by atoms with E-state index in [4.69, 9.17) is 4.99 Å². The first-order valence-electron chi connectivity index (χ1n) is 8.75. The summed E-state index contributed by atoms with van der Waals surface area (Å²) in [7, 11) is 0. The summed E-state index contributed by atoms with van der Waals surface area (Å²) in [6, 6.07) is 12.7. The molecule has 0 aliphatic rings. The molecule has 0 bridgehead atoms. The Kier molecular flexibility index (Phi) is 8.79. The van der Waals surface area contributed by atoms with Gasteiger partial charge in [-0.25, -0.2) is 0 Å². The van der Waals surface area contributed by atoms with Gasteiger partial charge in [0.1, 0.15) is 0 Å². The van der Waals surface area contributed by atoms with E-state index in [1.807, 2.05) is 6.21 Å². The van der Waals surface area contributed by atoms with E-state index >= 15 is 0 Å². The molecule has 2 rings (SSSR count). The van der Waals surface area contributed by atoms with Crippen LogP contribution in [0.2, 0.25) is 0 Å². The van der Waals surface area contributed by atoms with Crippen molar-refractivity contribution in [3.63, 3.8) is 0 Å². The molecule has 2 nitrogen and oxygen atoms in total. The number of hydrogen-bond donors (Lipinski definition) is 0. The van der Waals surface area contributed by atoms with Crippen molar-refractivity contribution in [3.8, 4) is 0 Å². The van der Waals surface area contributed by atoms with Crippen LogP contribution in [0.4, 0.5) is 11.4 Å². The van der Waals surface area contributed by atoms with Crippen LogP contribution in [0.1, 0.15) is 48.4 Å². The number of unbranched alkanes of at least 4 members (excludes halogenated alkanes) is 1. The maximum atomic E-state index is 4.82. The third-order valence-corrected chi connectivity index (χ3v) is 4.40. The Labute approximate surface area is 162 Å². The van der Waals surface area contributed by atoms with Crippen LogP contribution in [0.15, 0.2) is 46.4 Å². The molecule has 2 aromatic carbocycles. The number of benzene rings is 2. The Hall–Kier alpha value is -1.73. The van der Waals surface area contributed by atoms with Crippen molar-refractivity contribution in [2.75, 3.05) is 0 Å². The SMILES string of the molecule is CCCCC(C=Nc1ccc(C)c(C)c1)=Nc1ccc(C)c(C)c1.[Ni]. The number of rotatable bonds is 6. The fraction of sp³-hybridized carbons (Fsp3) is 0.364. The van der Waals surface area contributed by atoms with Crippen molar-refractivity contribution in [1.82, 2.24) is 0 Å². The monoisotopic (exact) mass is 378 g/mol. The van der Waals surface area contributed by atoms with Gasteiger partial charge in [0.25, 0.3) is 0 Å². The summed E-state index contributed by atoms with van der Waals surface area (Å²) in [5, 5.41) is 0. The van der Waals surface area contributed by atoms with Gasteiger partial charge in [-0.1, -0.05) is 25.5 Å². The van der Waals surface area contributed by atoms with Crippen molar-refractivity contribution in [2.45, 2.75) is 53.9 Å². The largest absolute Gasteiger partial charge is 0.255 e. The smallest absolute Gasteiger partial charge is 0.0636 e. The van der Waals surface area contributed by atoms with E-state index in [1.165, 1.54) is 22.3 Å². The third-order valence-electron chi connectivity index (χ3n) is 4.40. The van der Waals surface area contributed by atoms with Crippen molar-refractivity contribution < 1.29 is 16.5 Å². The van der Waals surface area contributed by atoms with Crippen LogP contribution in [0.25, 0.3) is 0 Å². The Morgan fingerprint density at radius 1 is 0.840 bits per heavy atom. The zero-order valence-electron chi connectivity index (χ0n) is 15.9. The first kappa shape index (κ1) is 21.3.